The number of nitrogens with zero attached hydrogens (tertiary/aromatic N) is 1. The Labute approximate surface area is 153 Å². The molecule has 1 amide bonds. The van der Waals surface area contributed by atoms with Gasteiger partial charge < -0.3 is 10.1 Å². The molecule has 0 bridgehead atoms. The molecule has 8 heteroatoms. The van der Waals surface area contributed by atoms with Crippen molar-refractivity contribution in [2.75, 3.05) is 12.9 Å². The van der Waals surface area contributed by atoms with Crippen molar-refractivity contribution in [3.8, 4) is 5.75 Å². The lowest BCUT2D eigenvalue weighted by molar-refractivity contribution is -0.384. The number of halogens is 1. The highest BCUT2D eigenvalue weighted by molar-refractivity contribution is 7.99. The standard InChI is InChI=1S/C17H15ClN2O4S/c1-24-15-4-3-11(20(22)23)9-13(15)17(21)19-14-6-7-25-16-5-2-10(18)8-12(14)16/h2-5,8-9,14H,6-7H2,1H3,(H,19,21). The summed E-state index contributed by atoms with van der Waals surface area (Å²) in [4.78, 5) is 24.2. The van der Waals surface area contributed by atoms with E-state index in [0.29, 0.717) is 10.8 Å². The van der Waals surface area contributed by atoms with Crippen molar-refractivity contribution in [3.63, 3.8) is 0 Å². The summed E-state index contributed by atoms with van der Waals surface area (Å²) in [6, 6.07) is 9.36. The minimum atomic E-state index is -0.539. The Hall–Kier alpha value is -2.25. The highest BCUT2D eigenvalue weighted by atomic mass is 35.5. The normalized spacial score (nSPS) is 16.0. The van der Waals surface area contributed by atoms with Gasteiger partial charge in [0.1, 0.15) is 5.75 Å². The molecule has 2 aromatic carbocycles. The predicted octanol–water partition coefficient (Wildman–Crippen LogP) is 4.22. The molecule has 0 aromatic heterocycles. The van der Waals surface area contributed by atoms with E-state index in [1.807, 2.05) is 18.2 Å². The number of fused-ring (bicyclic) bond motifs is 1. The number of benzene rings is 2. The Morgan fingerprint density at radius 2 is 2.16 bits per heavy atom. The van der Waals surface area contributed by atoms with Crippen molar-refractivity contribution < 1.29 is 14.5 Å². The monoisotopic (exact) mass is 378 g/mol. The average Bonchev–Trinajstić information content (AvgIpc) is 2.61. The number of nitrogens with one attached hydrogen (secondary N) is 1. The van der Waals surface area contributed by atoms with Crippen LogP contribution in [0.5, 0.6) is 5.75 Å². The van der Waals surface area contributed by atoms with Crippen LogP contribution < -0.4 is 10.1 Å². The Morgan fingerprint density at radius 1 is 1.36 bits per heavy atom. The van der Waals surface area contributed by atoms with Crippen molar-refractivity contribution >= 4 is 35.0 Å². The van der Waals surface area contributed by atoms with Crippen LogP contribution in [0.2, 0.25) is 5.02 Å². The summed E-state index contributed by atoms with van der Waals surface area (Å²) in [6.07, 6.45) is 0.751. The van der Waals surface area contributed by atoms with Crippen molar-refractivity contribution in [2.24, 2.45) is 0 Å². The zero-order valence-corrected chi connectivity index (χ0v) is 14.9. The summed E-state index contributed by atoms with van der Waals surface area (Å²) < 4.78 is 5.17. The molecule has 1 atom stereocenters. The first-order valence-corrected chi connectivity index (χ1v) is 8.91. The Balaban J connectivity index is 1.90. The van der Waals surface area contributed by atoms with Crippen LogP contribution in [0.1, 0.15) is 28.4 Å². The average molecular weight is 379 g/mol. The molecule has 2 aromatic rings. The summed E-state index contributed by atoms with van der Waals surface area (Å²) >= 11 is 7.80. The second-order valence-corrected chi connectivity index (χ2v) is 7.06. The van der Waals surface area contributed by atoms with Crippen LogP contribution in [0.25, 0.3) is 0 Å². The quantitative estimate of drug-likeness (QED) is 0.636. The van der Waals surface area contributed by atoms with E-state index in [1.54, 1.807) is 11.8 Å². The van der Waals surface area contributed by atoms with Crippen LogP contribution >= 0.6 is 23.4 Å². The van der Waals surface area contributed by atoms with Crippen LogP contribution in [0.15, 0.2) is 41.3 Å². The lowest BCUT2D eigenvalue weighted by Gasteiger charge is -2.26. The van der Waals surface area contributed by atoms with Crippen LogP contribution in [0.3, 0.4) is 0 Å². The Morgan fingerprint density at radius 3 is 2.88 bits per heavy atom. The maximum atomic E-state index is 12.7. The summed E-state index contributed by atoms with van der Waals surface area (Å²) in [5.74, 6) is 0.744. The molecule has 1 N–H and O–H groups in total. The van der Waals surface area contributed by atoms with E-state index in [4.69, 9.17) is 16.3 Å². The molecule has 130 valence electrons. The first-order chi connectivity index (χ1) is 12.0. The molecule has 1 heterocycles. The molecule has 0 saturated heterocycles. The molecular formula is C17H15ClN2O4S. The number of non-ortho nitro benzene ring substituents is 1. The number of nitro benzene ring substituents is 1. The van der Waals surface area contributed by atoms with E-state index < -0.39 is 10.8 Å². The van der Waals surface area contributed by atoms with Gasteiger partial charge in [-0.25, -0.2) is 0 Å². The molecule has 0 fully saturated rings. The summed E-state index contributed by atoms with van der Waals surface area (Å²) in [6.45, 7) is 0. The van der Waals surface area contributed by atoms with Gasteiger partial charge in [0, 0.05) is 27.8 Å². The summed E-state index contributed by atoms with van der Waals surface area (Å²) in [5.41, 5.74) is 0.939. The van der Waals surface area contributed by atoms with Gasteiger partial charge in [0.05, 0.1) is 23.6 Å². The lowest BCUT2D eigenvalue weighted by atomic mass is 10.0. The van der Waals surface area contributed by atoms with Gasteiger partial charge in [-0.1, -0.05) is 11.6 Å². The molecule has 6 nitrogen and oxygen atoms in total. The second-order valence-electron chi connectivity index (χ2n) is 5.49. The van der Waals surface area contributed by atoms with E-state index in [0.717, 1.165) is 22.6 Å². The molecule has 1 aliphatic rings. The van der Waals surface area contributed by atoms with Crippen LogP contribution in [0, 0.1) is 10.1 Å². The molecule has 0 spiro atoms. The fourth-order valence-electron chi connectivity index (χ4n) is 2.74. The first-order valence-electron chi connectivity index (χ1n) is 7.55. The number of amides is 1. The van der Waals surface area contributed by atoms with Crippen LogP contribution in [-0.2, 0) is 0 Å². The second kappa shape index (κ2) is 7.33. The van der Waals surface area contributed by atoms with Crippen molar-refractivity contribution in [1.82, 2.24) is 5.32 Å². The van der Waals surface area contributed by atoms with Crippen molar-refractivity contribution in [3.05, 3.63) is 62.7 Å². The fraction of sp³-hybridized carbons (Fsp3) is 0.235. The van der Waals surface area contributed by atoms with E-state index in [-0.39, 0.29) is 17.3 Å². The summed E-state index contributed by atoms with van der Waals surface area (Å²) in [5, 5.41) is 14.5. The van der Waals surface area contributed by atoms with E-state index in [1.165, 1.54) is 25.3 Å². The maximum Gasteiger partial charge on any atom is 0.270 e. The number of hydrogen-bond acceptors (Lipinski definition) is 5. The highest BCUT2D eigenvalue weighted by Crippen LogP contribution is 2.38. The Bertz CT molecular complexity index is 843. The number of carbonyl (C=O) groups is 1. The lowest BCUT2D eigenvalue weighted by Crippen LogP contribution is -2.31. The first kappa shape index (κ1) is 17.6. The number of rotatable bonds is 4. The van der Waals surface area contributed by atoms with Crippen LogP contribution in [0.4, 0.5) is 5.69 Å². The highest BCUT2D eigenvalue weighted by Gasteiger charge is 2.25. The largest absolute Gasteiger partial charge is 0.496 e. The smallest absolute Gasteiger partial charge is 0.270 e. The van der Waals surface area contributed by atoms with Gasteiger partial charge in [0.2, 0.25) is 0 Å². The molecule has 1 unspecified atom stereocenters. The van der Waals surface area contributed by atoms with E-state index >= 15 is 0 Å². The SMILES string of the molecule is COc1ccc([N+](=O)[O-])cc1C(=O)NC1CCSc2ccc(Cl)cc21. The third kappa shape index (κ3) is 3.72. The van der Waals surface area contributed by atoms with E-state index in [2.05, 4.69) is 5.32 Å². The topological polar surface area (TPSA) is 81.5 Å². The summed E-state index contributed by atoms with van der Waals surface area (Å²) in [7, 11) is 1.42. The Kier molecular flexibility index (Phi) is 5.15. The number of ether oxygens (including phenoxy) is 1. The fourth-order valence-corrected chi connectivity index (χ4v) is 4.02. The predicted molar refractivity (Wildman–Crippen MR) is 96.6 cm³/mol. The molecule has 0 aliphatic carbocycles. The zero-order valence-electron chi connectivity index (χ0n) is 13.3. The maximum absolute atomic E-state index is 12.7. The van der Waals surface area contributed by atoms with Gasteiger partial charge in [-0.3, -0.25) is 14.9 Å². The molecule has 3 rings (SSSR count). The van der Waals surface area contributed by atoms with Gasteiger partial charge in [0.25, 0.3) is 11.6 Å². The van der Waals surface area contributed by atoms with Gasteiger partial charge in [0.15, 0.2) is 0 Å². The minimum absolute atomic E-state index is 0.138. The van der Waals surface area contributed by atoms with Crippen LogP contribution in [-0.4, -0.2) is 23.7 Å². The molecule has 0 radical (unpaired) electrons. The number of nitro groups is 1. The number of methoxy groups -OCH3 is 1. The molecule has 25 heavy (non-hydrogen) atoms. The number of thioether (sulfide) groups is 1. The van der Waals surface area contributed by atoms with Gasteiger partial charge in [-0.2, -0.15) is 0 Å². The third-order valence-electron chi connectivity index (χ3n) is 3.96. The van der Waals surface area contributed by atoms with E-state index in [9.17, 15) is 14.9 Å². The zero-order chi connectivity index (χ0) is 18.0. The van der Waals surface area contributed by atoms with Gasteiger partial charge in [-0.05, 0) is 36.2 Å². The number of carbonyl (C=O) groups excluding carboxylic acids is 1. The van der Waals surface area contributed by atoms with Crippen molar-refractivity contribution in [1.29, 1.82) is 0 Å². The van der Waals surface area contributed by atoms with Crippen molar-refractivity contribution in [2.45, 2.75) is 17.4 Å². The van der Waals surface area contributed by atoms with Gasteiger partial charge >= 0.3 is 0 Å². The third-order valence-corrected chi connectivity index (χ3v) is 5.31. The van der Waals surface area contributed by atoms with Gasteiger partial charge in [-0.15, -0.1) is 11.8 Å². The number of hydrogen-bond donors (Lipinski definition) is 1. The molecule has 0 saturated carbocycles. The molecule has 1 aliphatic heterocycles. The molecular weight excluding hydrogens is 364 g/mol. The minimum Gasteiger partial charge on any atom is -0.496 e.